The highest BCUT2D eigenvalue weighted by molar-refractivity contribution is 14.0. The van der Waals surface area contributed by atoms with Crippen molar-refractivity contribution in [2.75, 3.05) is 13.2 Å². The number of aliphatic imine (C=N–C) groups is 1. The van der Waals surface area contributed by atoms with E-state index in [2.05, 4.69) is 41.2 Å². The molecule has 0 saturated carbocycles. The number of nitrogens with zero attached hydrogens (tertiary/aromatic N) is 4. The van der Waals surface area contributed by atoms with E-state index in [9.17, 15) is 0 Å². The van der Waals surface area contributed by atoms with E-state index in [1.165, 1.54) is 0 Å². The fourth-order valence-corrected chi connectivity index (χ4v) is 2.17. The first-order chi connectivity index (χ1) is 9.47. The van der Waals surface area contributed by atoms with E-state index in [1.807, 2.05) is 4.68 Å². The van der Waals surface area contributed by atoms with Gasteiger partial charge in [-0.1, -0.05) is 0 Å². The lowest BCUT2D eigenvalue weighted by molar-refractivity contribution is 0.114. The van der Waals surface area contributed by atoms with E-state index in [0.717, 1.165) is 25.3 Å². The highest BCUT2D eigenvalue weighted by atomic mass is 127. The zero-order valence-corrected chi connectivity index (χ0v) is 15.2. The van der Waals surface area contributed by atoms with E-state index < -0.39 is 0 Å². The van der Waals surface area contributed by atoms with Crippen LogP contribution < -0.4 is 11.1 Å². The first-order valence-electron chi connectivity index (χ1n) is 7.01. The fraction of sp³-hybridized carbons (Fsp3) is 0.769. The van der Waals surface area contributed by atoms with E-state index >= 15 is 0 Å². The molecule has 2 heterocycles. The predicted octanol–water partition coefficient (Wildman–Crippen LogP) is 1.23. The van der Waals surface area contributed by atoms with Gasteiger partial charge in [-0.25, -0.2) is 14.7 Å². The lowest BCUT2D eigenvalue weighted by Gasteiger charge is -2.20. The smallest absolute Gasteiger partial charge is 0.189 e. The maximum absolute atomic E-state index is 5.85. The minimum Gasteiger partial charge on any atom is -0.376 e. The summed E-state index contributed by atoms with van der Waals surface area (Å²) >= 11 is 0. The summed E-state index contributed by atoms with van der Waals surface area (Å²) in [5, 5.41) is 7.32. The molecule has 7 nitrogen and oxygen atoms in total. The fourth-order valence-electron chi connectivity index (χ4n) is 2.17. The maximum Gasteiger partial charge on any atom is 0.189 e. The van der Waals surface area contributed by atoms with Gasteiger partial charge in [-0.05, 0) is 33.6 Å². The van der Waals surface area contributed by atoms with Crippen molar-refractivity contribution in [1.29, 1.82) is 0 Å². The van der Waals surface area contributed by atoms with E-state index in [-0.39, 0.29) is 35.6 Å². The summed E-state index contributed by atoms with van der Waals surface area (Å²) in [5.41, 5.74) is 5.74. The number of ether oxygens (including phenoxy) is 1. The SMILES string of the molecule is CC(C)(C)n1ncnc1CN=C(N)NCC1CCCO1.I. The van der Waals surface area contributed by atoms with Crippen LogP contribution in [0.3, 0.4) is 0 Å². The lowest BCUT2D eigenvalue weighted by atomic mass is 10.1. The Balaban J connectivity index is 0.00000220. The van der Waals surface area contributed by atoms with Crippen molar-refractivity contribution in [2.45, 2.75) is 51.8 Å². The minimum atomic E-state index is -0.110. The Hall–Kier alpha value is -0.900. The Morgan fingerprint density at radius 2 is 2.33 bits per heavy atom. The number of aromatic nitrogens is 3. The van der Waals surface area contributed by atoms with Gasteiger partial charge in [0.1, 0.15) is 18.7 Å². The van der Waals surface area contributed by atoms with E-state index in [0.29, 0.717) is 19.0 Å². The summed E-state index contributed by atoms with van der Waals surface area (Å²) < 4.78 is 7.38. The zero-order chi connectivity index (χ0) is 14.6. The molecule has 120 valence electrons. The molecule has 0 aromatic carbocycles. The molecule has 21 heavy (non-hydrogen) atoms. The van der Waals surface area contributed by atoms with Gasteiger partial charge >= 0.3 is 0 Å². The molecule has 1 fully saturated rings. The van der Waals surface area contributed by atoms with Crippen LogP contribution in [0.4, 0.5) is 0 Å². The first-order valence-corrected chi connectivity index (χ1v) is 7.01. The molecule has 2 rings (SSSR count). The number of halogens is 1. The molecule has 1 aromatic rings. The van der Waals surface area contributed by atoms with Gasteiger partial charge in [0, 0.05) is 13.2 Å². The van der Waals surface area contributed by atoms with Crippen LogP contribution >= 0.6 is 24.0 Å². The molecule has 1 aliphatic rings. The average molecular weight is 408 g/mol. The normalized spacial score (nSPS) is 19.4. The Bertz CT molecular complexity index is 461. The molecule has 1 atom stereocenters. The molecule has 1 saturated heterocycles. The lowest BCUT2D eigenvalue weighted by Crippen LogP contribution is -2.37. The molecular formula is C13H25IN6O. The Morgan fingerprint density at radius 1 is 1.57 bits per heavy atom. The van der Waals surface area contributed by atoms with Crippen molar-refractivity contribution in [3.8, 4) is 0 Å². The molecule has 0 aliphatic carbocycles. The highest BCUT2D eigenvalue weighted by Crippen LogP contribution is 2.14. The summed E-state index contributed by atoms with van der Waals surface area (Å²) in [6, 6.07) is 0. The standard InChI is InChI=1S/C13H24N6O.HI/c1-13(2,3)19-11(17-9-18-19)8-16-12(14)15-7-10-5-4-6-20-10;/h9-10H,4-8H2,1-3H3,(H3,14,15,16);1H. The van der Waals surface area contributed by atoms with Gasteiger partial charge < -0.3 is 15.8 Å². The van der Waals surface area contributed by atoms with Crippen LogP contribution in [0.5, 0.6) is 0 Å². The molecule has 1 aromatic heterocycles. The molecule has 3 N–H and O–H groups in total. The predicted molar refractivity (Wildman–Crippen MR) is 92.7 cm³/mol. The van der Waals surface area contributed by atoms with Gasteiger partial charge in [-0.15, -0.1) is 24.0 Å². The Morgan fingerprint density at radius 3 is 2.95 bits per heavy atom. The van der Waals surface area contributed by atoms with Gasteiger partial charge in [0.15, 0.2) is 5.96 Å². The number of rotatable bonds is 4. The number of hydrogen-bond donors (Lipinski definition) is 2. The molecule has 0 radical (unpaired) electrons. The maximum atomic E-state index is 5.85. The van der Waals surface area contributed by atoms with E-state index in [4.69, 9.17) is 10.5 Å². The second-order valence-electron chi connectivity index (χ2n) is 5.98. The van der Waals surface area contributed by atoms with Gasteiger partial charge in [0.2, 0.25) is 0 Å². The van der Waals surface area contributed by atoms with Crippen molar-refractivity contribution in [2.24, 2.45) is 10.7 Å². The van der Waals surface area contributed by atoms with Crippen molar-refractivity contribution in [3.63, 3.8) is 0 Å². The van der Waals surface area contributed by atoms with Crippen LogP contribution in [0.25, 0.3) is 0 Å². The minimum absolute atomic E-state index is 0. The molecular weight excluding hydrogens is 383 g/mol. The van der Waals surface area contributed by atoms with Crippen molar-refractivity contribution < 1.29 is 4.74 Å². The third-order valence-corrected chi connectivity index (χ3v) is 3.18. The van der Waals surface area contributed by atoms with Crippen LogP contribution in [-0.2, 0) is 16.8 Å². The van der Waals surface area contributed by atoms with Crippen LogP contribution in [0, 0.1) is 0 Å². The first kappa shape index (κ1) is 18.1. The second kappa shape index (κ2) is 7.92. The Kier molecular flexibility index (Phi) is 6.85. The quantitative estimate of drug-likeness (QED) is 0.445. The molecule has 0 amide bonds. The van der Waals surface area contributed by atoms with Gasteiger partial charge in [0.25, 0.3) is 0 Å². The Labute approximate surface area is 142 Å². The van der Waals surface area contributed by atoms with Crippen LogP contribution in [0.2, 0.25) is 0 Å². The van der Waals surface area contributed by atoms with Crippen molar-refractivity contribution >= 4 is 29.9 Å². The molecule has 8 heteroatoms. The molecule has 0 bridgehead atoms. The van der Waals surface area contributed by atoms with Crippen molar-refractivity contribution in [3.05, 3.63) is 12.2 Å². The van der Waals surface area contributed by atoms with Gasteiger partial charge in [0.05, 0.1) is 11.6 Å². The van der Waals surface area contributed by atoms with Gasteiger partial charge in [-0.3, -0.25) is 0 Å². The topological polar surface area (TPSA) is 90.4 Å². The zero-order valence-electron chi connectivity index (χ0n) is 12.9. The summed E-state index contributed by atoms with van der Waals surface area (Å²) in [5.74, 6) is 1.23. The average Bonchev–Trinajstić information content (AvgIpc) is 3.03. The van der Waals surface area contributed by atoms with Crippen molar-refractivity contribution in [1.82, 2.24) is 20.1 Å². The molecule has 1 aliphatic heterocycles. The van der Waals surface area contributed by atoms with E-state index in [1.54, 1.807) is 6.33 Å². The molecule has 1 unspecified atom stereocenters. The summed E-state index contributed by atoms with van der Waals surface area (Å²) in [7, 11) is 0. The number of nitrogens with two attached hydrogens (primary N) is 1. The van der Waals surface area contributed by atoms with Crippen LogP contribution in [0.1, 0.15) is 39.4 Å². The van der Waals surface area contributed by atoms with Crippen LogP contribution in [0.15, 0.2) is 11.3 Å². The number of nitrogens with one attached hydrogen (secondary N) is 1. The largest absolute Gasteiger partial charge is 0.376 e. The molecule has 0 spiro atoms. The third-order valence-electron chi connectivity index (χ3n) is 3.18. The monoisotopic (exact) mass is 408 g/mol. The van der Waals surface area contributed by atoms with Crippen LogP contribution in [-0.4, -0.2) is 40.0 Å². The summed E-state index contributed by atoms with van der Waals surface area (Å²) in [6.07, 6.45) is 4.00. The second-order valence-corrected chi connectivity index (χ2v) is 5.98. The summed E-state index contributed by atoms with van der Waals surface area (Å²) in [4.78, 5) is 8.54. The number of guanidine groups is 1. The summed E-state index contributed by atoms with van der Waals surface area (Å²) in [6.45, 7) is 8.21. The number of hydrogen-bond acceptors (Lipinski definition) is 4. The third kappa shape index (κ3) is 5.42. The highest BCUT2D eigenvalue weighted by Gasteiger charge is 2.18. The van der Waals surface area contributed by atoms with Gasteiger partial charge in [-0.2, -0.15) is 5.10 Å².